The molecule has 0 heterocycles. The van der Waals surface area contributed by atoms with Crippen LogP contribution in [0.15, 0.2) is 24.3 Å². The predicted octanol–water partition coefficient (Wildman–Crippen LogP) is 2.83. The second-order valence-electron chi connectivity index (χ2n) is 2.93. The SMILES string of the molecule is OCc1cccc(C(F)(F)C(F)(F)F)c1. The Labute approximate surface area is 82.1 Å². The molecule has 6 heteroatoms. The first kappa shape index (κ1) is 11.9. The zero-order valence-corrected chi connectivity index (χ0v) is 7.35. The van der Waals surface area contributed by atoms with Crippen molar-refractivity contribution in [2.75, 3.05) is 0 Å². The van der Waals surface area contributed by atoms with Crippen molar-refractivity contribution >= 4 is 0 Å². The molecule has 0 amide bonds. The summed E-state index contributed by atoms with van der Waals surface area (Å²) in [6, 6.07) is 3.61. The van der Waals surface area contributed by atoms with Crippen LogP contribution in [-0.2, 0) is 12.5 Å². The quantitative estimate of drug-likeness (QED) is 0.769. The summed E-state index contributed by atoms with van der Waals surface area (Å²) in [5.41, 5.74) is -1.15. The summed E-state index contributed by atoms with van der Waals surface area (Å²) in [5.74, 6) is -4.89. The molecule has 0 bridgehead atoms. The van der Waals surface area contributed by atoms with E-state index in [1.165, 1.54) is 6.07 Å². The molecule has 0 spiro atoms. The summed E-state index contributed by atoms with van der Waals surface area (Å²) in [7, 11) is 0. The number of benzene rings is 1. The maximum absolute atomic E-state index is 12.8. The molecule has 0 saturated carbocycles. The molecule has 0 unspecified atom stereocenters. The maximum atomic E-state index is 12.8. The van der Waals surface area contributed by atoms with Crippen molar-refractivity contribution in [2.45, 2.75) is 18.7 Å². The van der Waals surface area contributed by atoms with Gasteiger partial charge in [0, 0.05) is 5.56 Å². The minimum Gasteiger partial charge on any atom is -0.392 e. The number of alkyl halides is 5. The highest BCUT2D eigenvalue weighted by atomic mass is 19.4. The minimum absolute atomic E-state index is 0.0106. The first-order chi connectivity index (χ1) is 6.79. The van der Waals surface area contributed by atoms with Gasteiger partial charge in [-0.2, -0.15) is 22.0 Å². The summed E-state index contributed by atoms with van der Waals surface area (Å²) in [6.45, 7) is -0.582. The Bertz CT molecular complexity index is 345. The van der Waals surface area contributed by atoms with Gasteiger partial charge in [0.05, 0.1) is 6.61 Å². The molecule has 84 valence electrons. The van der Waals surface area contributed by atoms with Crippen LogP contribution in [0.25, 0.3) is 0 Å². The van der Waals surface area contributed by atoms with Crippen LogP contribution in [0.5, 0.6) is 0 Å². The van der Waals surface area contributed by atoms with Crippen LogP contribution in [0.2, 0.25) is 0 Å². The molecule has 1 aromatic rings. The third-order valence-corrected chi connectivity index (χ3v) is 1.83. The molecule has 1 rings (SSSR count). The van der Waals surface area contributed by atoms with Gasteiger partial charge in [-0.15, -0.1) is 0 Å². The topological polar surface area (TPSA) is 20.2 Å². The smallest absolute Gasteiger partial charge is 0.392 e. The molecular weight excluding hydrogens is 219 g/mol. The van der Waals surface area contributed by atoms with Gasteiger partial charge < -0.3 is 5.11 Å². The molecule has 0 aliphatic heterocycles. The predicted molar refractivity (Wildman–Crippen MR) is 42.3 cm³/mol. The van der Waals surface area contributed by atoms with Crippen molar-refractivity contribution in [1.82, 2.24) is 0 Å². The summed E-state index contributed by atoms with van der Waals surface area (Å²) in [5, 5.41) is 8.60. The molecule has 0 radical (unpaired) electrons. The summed E-state index contributed by atoms with van der Waals surface area (Å²) in [6.07, 6.45) is -5.62. The lowest BCUT2D eigenvalue weighted by molar-refractivity contribution is -0.289. The fourth-order valence-electron chi connectivity index (χ4n) is 1.03. The highest BCUT2D eigenvalue weighted by Gasteiger charge is 2.58. The molecule has 0 atom stereocenters. The van der Waals surface area contributed by atoms with Gasteiger partial charge in [-0.05, 0) is 11.6 Å². The summed E-state index contributed by atoms with van der Waals surface area (Å²) in [4.78, 5) is 0. The van der Waals surface area contributed by atoms with E-state index in [0.717, 1.165) is 6.07 Å². The number of halogens is 5. The fourth-order valence-corrected chi connectivity index (χ4v) is 1.03. The van der Waals surface area contributed by atoms with Gasteiger partial charge >= 0.3 is 12.1 Å². The van der Waals surface area contributed by atoms with Crippen LogP contribution in [0.4, 0.5) is 22.0 Å². The normalized spacial score (nSPS) is 12.9. The first-order valence-corrected chi connectivity index (χ1v) is 3.94. The maximum Gasteiger partial charge on any atom is 0.458 e. The van der Waals surface area contributed by atoms with Crippen LogP contribution in [0.1, 0.15) is 11.1 Å². The molecule has 1 N–H and O–H groups in total. The molecule has 0 aromatic heterocycles. The lowest BCUT2D eigenvalue weighted by Gasteiger charge is -2.20. The van der Waals surface area contributed by atoms with E-state index in [0.29, 0.717) is 12.1 Å². The molecule has 1 nitrogen and oxygen atoms in total. The monoisotopic (exact) mass is 226 g/mol. The molecule has 0 aliphatic rings. The average Bonchev–Trinajstić information content (AvgIpc) is 2.16. The Kier molecular flexibility index (Phi) is 2.99. The Balaban J connectivity index is 3.15. The Morgan fingerprint density at radius 1 is 1.07 bits per heavy atom. The lowest BCUT2D eigenvalue weighted by Crippen LogP contribution is -2.33. The molecule has 0 aliphatic carbocycles. The van der Waals surface area contributed by atoms with Crippen molar-refractivity contribution < 1.29 is 27.1 Å². The second-order valence-corrected chi connectivity index (χ2v) is 2.93. The van der Waals surface area contributed by atoms with Gasteiger partial charge in [0.1, 0.15) is 0 Å². The van der Waals surface area contributed by atoms with E-state index in [9.17, 15) is 22.0 Å². The minimum atomic E-state index is -5.62. The zero-order valence-electron chi connectivity index (χ0n) is 7.35. The van der Waals surface area contributed by atoms with Crippen molar-refractivity contribution in [2.24, 2.45) is 0 Å². The number of rotatable bonds is 2. The van der Waals surface area contributed by atoms with E-state index < -0.39 is 24.3 Å². The molecule has 15 heavy (non-hydrogen) atoms. The Morgan fingerprint density at radius 3 is 2.13 bits per heavy atom. The standard InChI is InChI=1S/C9H7F5O/c10-8(11,9(12,13)14)7-3-1-2-6(4-7)5-15/h1-4,15H,5H2. The number of aliphatic hydroxyl groups is 1. The summed E-state index contributed by atoms with van der Waals surface area (Å²) >= 11 is 0. The number of hydrogen-bond acceptors (Lipinski definition) is 1. The van der Waals surface area contributed by atoms with E-state index in [4.69, 9.17) is 5.11 Å². The van der Waals surface area contributed by atoms with Crippen LogP contribution >= 0.6 is 0 Å². The van der Waals surface area contributed by atoms with Gasteiger partial charge in [0.2, 0.25) is 0 Å². The average molecular weight is 226 g/mol. The van der Waals surface area contributed by atoms with Gasteiger partial charge in [-0.25, -0.2) is 0 Å². The van der Waals surface area contributed by atoms with Crippen molar-refractivity contribution in [1.29, 1.82) is 0 Å². The second kappa shape index (κ2) is 3.77. The van der Waals surface area contributed by atoms with Gasteiger partial charge in [0.25, 0.3) is 0 Å². The number of aliphatic hydroxyl groups excluding tert-OH is 1. The van der Waals surface area contributed by atoms with Crippen LogP contribution in [0, 0.1) is 0 Å². The largest absolute Gasteiger partial charge is 0.458 e. The third kappa shape index (κ3) is 2.26. The van der Waals surface area contributed by atoms with Crippen LogP contribution < -0.4 is 0 Å². The van der Waals surface area contributed by atoms with Gasteiger partial charge in [0.15, 0.2) is 0 Å². The molecule has 0 fully saturated rings. The summed E-state index contributed by atoms with van der Waals surface area (Å²) < 4.78 is 61.4. The van der Waals surface area contributed by atoms with E-state index in [2.05, 4.69) is 0 Å². The number of hydrogen-bond donors (Lipinski definition) is 1. The van der Waals surface area contributed by atoms with Crippen molar-refractivity contribution in [3.05, 3.63) is 35.4 Å². The molecular formula is C9H7F5O. The van der Waals surface area contributed by atoms with Gasteiger partial charge in [-0.3, -0.25) is 0 Å². The Morgan fingerprint density at radius 2 is 1.67 bits per heavy atom. The van der Waals surface area contributed by atoms with Crippen LogP contribution in [0.3, 0.4) is 0 Å². The van der Waals surface area contributed by atoms with Crippen molar-refractivity contribution in [3.63, 3.8) is 0 Å². The van der Waals surface area contributed by atoms with E-state index in [1.54, 1.807) is 0 Å². The van der Waals surface area contributed by atoms with E-state index in [-0.39, 0.29) is 5.56 Å². The van der Waals surface area contributed by atoms with Gasteiger partial charge in [-0.1, -0.05) is 18.2 Å². The van der Waals surface area contributed by atoms with E-state index >= 15 is 0 Å². The van der Waals surface area contributed by atoms with Crippen LogP contribution in [-0.4, -0.2) is 11.3 Å². The first-order valence-electron chi connectivity index (χ1n) is 3.94. The molecule has 0 saturated heterocycles. The zero-order chi connectivity index (χ0) is 11.7. The highest BCUT2D eigenvalue weighted by Crippen LogP contribution is 2.43. The molecule has 1 aromatic carbocycles. The van der Waals surface area contributed by atoms with E-state index in [1.807, 2.05) is 0 Å². The lowest BCUT2D eigenvalue weighted by atomic mass is 10.1. The fraction of sp³-hybridized carbons (Fsp3) is 0.333. The highest BCUT2D eigenvalue weighted by molar-refractivity contribution is 5.27. The van der Waals surface area contributed by atoms with Crippen molar-refractivity contribution in [3.8, 4) is 0 Å². The third-order valence-electron chi connectivity index (χ3n) is 1.83. The Hall–Kier alpha value is -1.17.